The largest absolute Gasteiger partial charge is 0.325 e. The van der Waals surface area contributed by atoms with Gasteiger partial charge in [0.25, 0.3) is 5.56 Å². The highest BCUT2D eigenvalue weighted by molar-refractivity contribution is 7.99. The van der Waals surface area contributed by atoms with E-state index in [1.807, 2.05) is 0 Å². The zero-order valence-corrected chi connectivity index (χ0v) is 14.1. The van der Waals surface area contributed by atoms with E-state index in [4.69, 9.17) is 11.6 Å². The maximum Gasteiger partial charge on any atom is 0.255 e. The highest BCUT2D eigenvalue weighted by Crippen LogP contribution is 2.16. The number of aryl methyl sites for hydroxylation is 1. The van der Waals surface area contributed by atoms with Gasteiger partial charge in [0.2, 0.25) is 5.91 Å². The Bertz CT molecular complexity index is 772. The molecule has 0 fully saturated rings. The Hall–Kier alpha value is -2.05. The van der Waals surface area contributed by atoms with Gasteiger partial charge in [-0.25, -0.2) is 4.98 Å². The Morgan fingerprint density at radius 3 is 2.74 bits per heavy atom. The summed E-state index contributed by atoms with van der Waals surface area (Å²) in [6.45, 7) is 5.39. The minimum absolute atomic E-state index is 0.145. The van der Waals surface area contributed by atoms with Crippen LogP contribution < -0.4 is 10.9 Å². The van der Waals surface area contributed by atoms with E-state index in [1.165, 1.54) is 11.8 Å². The number of nitrogens with zero attached hydrogens (tertiary/aromatic N) is 1. The first-order valence-corrected chi connectivity index (χ1v) is 8.25. The van der Waals surface area contributed by atoms with Crippen LogP contribution in [-0.2, 0) is 11.2 Å². The molecule has 0 aliphatic rings. The highest BCUT2D eigenvalue weighted by Gasteiger charge is 2.09. The molecular formula is C16H16ClN3O2S. The molecule has 0 unspecified atom stereocenters. The molecule has 2 rings (SSSR count). The number of hydrogen-bond donors (Lipinski definition) is 2. The number of nitrogens with one attached hydrogen (secondary N) is 2. The molecule has 0 aliphatic heterocycles. The van der Waals surface area contributed by atoms with Gasteiger partial charge in [0, 0.05) is 22.0 Å². The zero-order valence-electron chi connectivity index (χ0n) is 12.6. The maximum absolute atomic E-state index is 11.9. The van der Waals surface area contributed by atoms with Gasteiger partial charge >= 0.3 is 0 Å². The fourth-order valence-electron chi connectivity index (χ4n) is 1.90. The molecule has 1 aromatic heterocycles. The van der Waals surface area contributed by atoms with Gasteiger partial charge in [-0.2, -0.15) is 0 Å². The lowest BCUT2D eigenvalue weighted by atomic mass is 10.2. The second-order valence-electron chi connectivity index (χ2n) is 4.77. The fourth-order valence-corrected chi connectivity index (χ4v) is 2.73. The monoisotopic (exact) mass is 349 g/mol. The van der Waals surface area contributed by atoms with Crippen LogP contribution in [-0.4, -0.2) is 21.6 Å². The number of hydrogen-bond acceptors (Lipinski definition) is 4. The second kappa shape index (κ2) is 7.99. The number of H-pyrrole nitrogens is 1. The van der Waals surface area contributed by atoms with Crippen LogP contribution in [0.3, 0.4) is 0 Å². The zero-order chi connectivity index (χ0) is 16.8. The van der Waals surface area contributed by atoms with Crippen LogP contribution in [0.2, 0.25) is 5.02 Å². The van der Waals surface area contributed by atoms with E-state index in [9.17, 15) is 9.59 Å². The predicted molar refractivity (Wildman–Crippen MR) is 94.3 cm³/mol. The van der Waals surface area contributed by atoms with Crippen LogP contribution in [0.5, 0.6) is 0 Å². The van der Waals surface area contributed by atoms with Crippen molar-refractivity contribution in [2.45, 2.75) is 18.5 Å². The van der Waals surface area contributed by atoms with Gasteiger partial charge in [-0.3, -0.25) is 9.59 Å². The molecule has 0 radical (unpaired) electrons. The Labute approximate surface area is 143 Å². The van der Waals surface area contributed by atoms with Crippen molar-refractivity contribution in [2.75, 3.05) is 11.1 Å². The van der Waals surface area contributed by atoms with Crippen LogP contribution in [0, 0.1) is 6.92 Å². The number of amides is 1. The van der Waals surface area contributed by atoms with E-state index in [1.54, 1.807) is 37.3 Å². The van der Waals surface area contributed by atoms with Gasteiger partial charge in [-0.05, 0) is 37.6 Å². The van der Waals surface area contributed by atoms with Crippen molar-refractivity contribution in [2.24, 2.45) is 0 Å². The molecule has 1 heterocycles. The van der Waals surface area contributed by atoms with Crippen molar-refractivity contribution in [3.63, 3.8) is 0 Å². The number of carbonyl (C=O) groups excluding carboxylic acids is 1. The van der Waals surface area contributed by atoms with Gasteiger partial charge in [-0.1, -0.05) is 29.4 Å². The molecule has 0 saturated carbocycles. The highest BCUT2D eigenvalue weighted by atomic mass is 35.5. The van der Waals surface area contributed by atoms with Crippen molar-refractivity contribution in [1.82, 2.24) is 9.97 Å². The molecule has 1 aromatic carbocycles. The second-order valence-corrected chi connectivity index (χ2v) is 6.17. The minimum Gasteiger partial charge on any atom is -0.325 e. The number of rotatable bonds is 6. The van der Waals surface area contributed by atoms with E-state index in [0.29, 0.717) is 33.5 Å². The molecule has 0 bridgehead atoms. The molecule has 1 amide bonds. The number of aromatic amines is 1. The lowest BCUT2D eigenvalue weighted by Gasteiger charge is -2.07. The summed E-state index contributed by atoms with van der Waals surface area (Å²) in [6, 6.07) is 6.84. The standard InChI is InChI=1S/C16H16ClN3O2S/c1-3-4-13-10(2)18-16(20-15(13)22)23-9-14(21)19-12-7-5-11(17)6-8-12/h3,5-8H,1,4,9H2,2H3,(H,19,21)(H,18,20,22). The van der Waals surface area contributed by atoms with Crippen LogP contribution >= 0.6 is 23.4 Å². The number of benzene rings is 1. The first-order valence-electron chi connectivity index (χ1n) is 6.88. The van der Waals surface area contributed by atoms with Crippen molar-refractivity contribution in [1.29, 1.82) is 0 Å². The SMILES string of the molecule is C=CCc1c(C)nc(SCC(=O)Nc2ccc(Cl)cc2)[nH]c1=O. The quantitative estimate of drug-likeness (QED) is 0.477. The van der Waals surface area contributed by atoms with Crippen molar-refractivity contribution < 1.29 is 4.79 Å². The van der Waals surface area contributed by atoms with Crippen molar-refractivity contribution in [3.05, 3.63) is 63.6 Å². The fraction of sp³-hybridized carbons (Fsp3) is 0.188. The Morgan fingerprint density at radius 1 is 1.43 bits per heavy atom. The third-order valence-electron chi connectivity index (χ3n) is 3.02. The average Bonchev–Trinajstić information content (AvgIpc) is 2.51. The molecule has 5 nitrogen and oxygen atoms in total. The maximum atomic E-state index is 11.9. The number of aromatic nitrogens is 2. The van der Waals surface area contributed by atoms with E-state index in [2.05, 4.69) is 21.9 Å². The number of allylic oxidation sites excluding steroid dienone is 1. The van der Waals surface area contributed by atoms with E-state index >= 15 is 0 Å². The third kappa shape index (κ3) is 4.97. The van der Waals surface area contributed by atoms with Gasteiger partial charge in [0.15, 0.2) is 5.16 Å². The summed E-state index contributed by atoms with van der Waals surface area (Å²) in [4.78, 5) is 30.8. The number of halogens is 1. The summed E-state index contributed by atoms with van der Waals surface area (Å²) in [5.74, 6) is -0.0426. The predicted octanol–water partition coefficient (Wildman–Crippen LogP) is 3.19. The Balaban J connectivity index is 1.97. The van der Waals surface area contributed by atoms with Crippen molar-refractivity contribution in [3.8, 4) is 0 Å². The minimum atomic E-state index is -0.196. The Morgan fingerprint density at radius 2 is 2.13 bits per heavy atom. The van der Waals surface area contributed by atoms with Crippen LogP contribution in [0.4, 0.5) is 5.69 Å². The van der Waals surface area contributed by atoms with Crippen LogP contribution in [0.1, 0.15) is 11.3 Å². The molecule has 2 aromatic rings. The summed E-state index contributed by atoms with van der Waals surface area (Å²) in [7, 11) is 0. The normalized spacial score (nSPS) is 10.3. The number of carbonyl (C=O) groups is 1. The first kappa shape index (κ1) is 17.3. The summed E-state index contributed by atoms with van der Waals surface area (Å²) in [6.07, 6.45) is 2.13. The molecular weight excluding hydrogens is 334 g/mol. The lowest BCUT2D eigenvalue weighted by molar-refractivity contribution is -0.113. The van der Waals surface area contributed by atoms with E-state index in [-0.39, 0.29) is 17.2 Å². The molecule has 0 atom stereocenters. The van der Waals surface area contributed by atoms with Gasteiger partial charge in [-0.15, -0.1) is 6.58 Å². The topological polar surface area (TPSA) is 74.8 Å². The molecule has 2 N–H and O–H groups in total. The summed E-state index contributed by atoms with van der Waals surface area (Å²) < 4.78 is 0. The van der Waals surface area contributed by atoms with Gasteiger partial charge in [0.05, 0.1) is 5.75 Å². The van der Waals surface area contributed by atoms with E-state index < -0.39 is 0 Å². The first-order chi connectivity index (χ1) is 11.0. The molecule has 23 heavy (non-hydrogen) atoms. The number of anilines is 1. The summed E-state index contributed by atoms with van der Waals surface area (Å²) in [5, 5.41) is 3.78. The smallest absolute Gasteiger partial charge is 0.255 e. The van der Waals surface area contributed by atoms with Gasteiger partial charge < -0.3 is 10.3 Å². The summed E-state index contributed by atoms with van der Waals surface area (Å²) >= 11 is 6.96. The molecule has 0 aliphatic carbocycles. The molecule has 7 heteroatoms. The molecule has 120 valence electrons. The third-order valence-corrected chi connectivity index (χ3v) is 4.14. The lowest BCUT2D eigenvalue weighted by Crippen LogP contribution is -2.18. The average molecular weight is 350 g/mol. The molecule has 0 saturated heterocycles. The van der Waals surface area contributed by atoms with Crippen molar-refractivity contribution >= 4 is 35.0 Å². The Kier molecular flexibility index (Phi) is 6.01. The van der Waals surface area contributed by atoms with E-state index in [0.717, 1.165) is 0 Å². The summed E-state index contributed by atoms with van der Waals surface area (Å²) in [5.41, 5.74) is 1.71. The van der Waals surface area contributed by atoms with Gasteiger partial charge in [0.1, 0.15) is 0 Å². The number of thioether (sulfide) groups is 1. The molecule has 0 spiro atoms. The van der Waals surface area contributed by atoms with Crippen LogP contribution in [0.25, 0.3) is 0 Å². The van der Waals surface area contributed by atoms with Crippen LogP contribution in [0.15, 0.2) is 46.9 Å².